The van der Waals surface area contributed by atoms with E-state index < -0.39 is 0 Å². The Balaban J connectivity index is 1.65. The van der Waals surface area contributed by atoms with Crippen LogP contribution in [0.3, 0.4) is 0 Å². The number of ether oxygens (including phenoxy) is 1. The zero-order valence-corrected chi connectivity index (χ0v) is 13.0. The van der Waals surface area contributed by atoms with Gasteiger partial charge in [-0.1, -0.05) is 44.7 Å². The van der Waals surface area contributed by atoms with Crippen molar-refractivity contribution in [3.05, 3.63) is 29.8 Å². The van der Waals surface area contributed by atoms with E-state index in [1.54, 1.807) is 0 Å². The molecule has 21 heavy (non-hydrogen) atoms. The van der Waals surface area contributed by atoms with E-state index in [4.69, 9.17) is 10.00 Å². The molecule has 0 radical (unpaired) electrons. The predicted octanol–water partition coefficient (Wildman–Crippen LogP) is 3.89. The van der Waals surface area contributed by atoms with Crippen molar-refractivity contribution in [3.63, 3.8) is 0 Å². The van der Waals surface area contributed by atoms with Crippen LogP contribution in [0.15, 0.2) is 24.3 Å². The summed E-state index contributed by atoms with van der Waals surface area (Å²) >= 11 is 0. The molecular formula is C18H26N2O. The molecule has 114 valence electrons. The lowest BCUT2D eigenvalue weighted by molar-refractivity contribution is 0.275. The van der Waals surface area contributed by atoms with Crippen LogP contribution in [0.25, 0.3) is 0 Å². The van der Waals surface area contributed by atoms with Crippen molar-refractivity contribution in [1.29, 1.82) is 5.26 Å². The molecule has 2 rings (SSSR count). The molecule has 0 aliphatic heterocycles. The van der Waals surface area contributed by atoms with E-state index in [1.807, 2.05) is 24.3 Å². The highest BCUT2D eigenvalue weighted by Crippen LogP contribution is 2.29. The zero-order valence-electron chi connectivity index (χ0n) is 13.0. The van der Waals surface area contributed by atoms with Crippen LogP contribution in [0.2, 0.25) is 0 Å². The van der Waals surface area contributed by atoms with E-state index >= 15 is 0 Å². The molecule has 3 nitrogen and oxygen atoms in total. The first-order valence-corrected chi connectivity index (χ1v) is 8.07. The molecule has 1 aromatic rings. The molecule has 0 spiro atoms. The van der Waals surface area contributed by atoms with Gasteiger partial charge in [-0.15, -0.1) is 0 Å². The lowest BCUT2D eigenvalue weighted by Crippen LogP contribution is -2.20. The minimum absolute atomic E-state index is 0.108. The molecule has 0 bridgehead atoms. The first kappa shape index (κ1) is 15.9. The summed E-state index contributed by atoms with van der Waals surface area (Å²) in [6.45, 7) is 4.43. The Labute approximate surface area is 128 Å². The van der Waals surface area contributed by atoms with Crippen molar-refractivity contribution in [2.45, 2.75) is 45.6 Å². The summed E-state index contributed by atoms with van der Waals surface area (Å²) in [5.41, 5.74) is 1.21. The molecule has 0 amide bonds. The fourth-order valence-corrected chi connectivity index (χ4v) is 3.02. The van der Waals surface area contributed by atoms with Crippen LogP contribution in [0, 0.1) is 23.2 Å². The van der Waals surface area contributed by atoms with Crippen molar-refractivity contribution in [2.24, 2.45) is 11.8 Å². The maximum absolute atomic E-state index is 8.52. The molecule has 1 aliphatic rings. The minimum Gasteiger partial charge on any atom is -0.479 e. The first-order valence-electron chi connectivity index (χ1n) is 8.07. The number of hydrogen-bond acceptors (Lipinski definition) is 3. The van der Waals surface area contributed by atoms with Gasteiger partial charge >= 0.3 is 0 Å². The van der Waals surface area contributed by atoms with Gasteiger partial charge in [-0.3, -0.25) is 0 Å². The molecule has 0 aromatic heterocycles. The second-order valence-electron chi connectivity index (χ2n) is 6.19. The van der Waals surface area contributed by atoms with Crippen molar-refractivity contribution in [2.75, 3.05) is 13.2 Å². The summed E-state index contributed by atoms with van der Waals surface area (Å²) in [7, 11) is 0. The van der Waals surface area contributed by atoms with E-state index in [0.29, 0.717) is 0 Å². The standard InChI is InChI=1S/C18H26N2O/c1-15-5-7-16(8-6-15)9-11-20-14-17-3-2-4-18(13-17)21-12-10-19/h2-4,13,15-16,20H,5-9,11-12,14H2,1H3. The zero-order chi connectivity index (χ0) is 14.9. The van der Waals surface area contributed by atoms with Crippen LogP contribution in [-0.4, -0.2) is 13.2 Å². The van der Waals surface area contributed by atoms with Gasteiger partial charge in [0, 0.05) is 6.54 Å². The van der Waals surface area contributed by atoms with Gasteiger partial charge in [0.15, 0.2) is 6.61 Å². The normalized spacial score (nSPS) is 21.7. The summed E-state index contributed by atoms with van der Waals surface area (Å²) in [6.07, 6.45) is 6.91. The number of nitriles is 1. The number of nitrogens with zero attached hydrogens (tertiary/aromatic N) is 1. The Kier molecular flexibility index (Phi) is 6.56. The van der Waals surface area contributed by atoms with Crippen LogP contribution in [0.4, 0.5) is 0 Å². The molecule has 1 aromatic carbocycles. The Morgan fingerprint density at radius 3 is 2.86 bits per heavy atom. The van der Waals surface area contributed by atoms with Crippen molar-refractivity contribution < 1.29 is 4.74 Å². The topological polar surface area (TPSA) is 45.0 Å². The molecule has 1 N–H and O–H groups in total. The van der Waals surface area contributed by atoms with Crippen molar-refractivity contribution in [3.8, 4) is 11.8 Å². The highest BCUT2D eigenvalue weighted by atomic mass is 16.5. The summed E-state index contributed by atoms with van der Waals surface area (Å²) in [5, 5.41) is 12.0. The van der Waals surface area contributed by atoms with Crippen molar-refractivity contribution >= 4 is 0 Å². The second kappa shape index (κ2) is 8.69. The molecule has 1 saturated carbocycles. The Hall–Kier alpha value is -1.53. The fraction of sp³-hybridized carbons (Fsp3) is 0.611. The van der Waals surface area contributed by atoms with E-state index in [1.165, 1.54) is 37.7 Å². The van der Waals surface area contributed by atoms with E-state index in [-0.39, 0.29) is 6.61 Å². The maximum atomic E-state index is 8.52. The van der Waals surface area contributed by atoms with Gasteiger partial charge < -0.3 is 10.1 Å². The maximum Gasteiger partial charge on any atom is 0.174 e. The van der Waals surface area contributed by atoms with Gasteiger partial charge in [0.1, 0.15) is 11.8 Å². The number of rotatable bonds is 7. The minimum atomic E-state index is 0.108. The van der Waals surface area contributed by atoms with E-state index in [2.05, 4.69) is 18.3 Å². The Morgan fingerprint density at radius 2 is 2.10 bits per heavy atom. The third-order valence-corrected chi connectivity index (χ3v) is 4.40. The van der Waals surface area contributed by atoms with Crippen LogP contribution >= 0.6 is 0 Å². The summed E-state index contributed by atoms with van der Waals surface area (Å²) in [4.78, 5) is 0. The third-order valence-electron chi connectivity index (χ3n) is 4.40. The molecule has 0 heterocycles. The van der Waals surface area contributed by atoms with Crippen LogP contribution in [0.5, 0.6) is 5.75 Å². The number of nitrogens with one attached hydrogen (secondary N) is 1. The quantitative estimate of drug-likeness (QED) is 0.773. The molecular weight excluding hydrogens is 260 g/mol. The molecule has 0 atom stereocenters. The van der Waals surface area contributed by atoms with Crippen LogP contribution < -0.4 is 10.1 Å². The van der Waals surface area contributed by atoms with Crippen LogP contribution in [-0.2, 0) is 6.54 Å². The Morgan fingerprint density at radius 1 is 1.29 bits per heavy atom. The molecule has 1 fully saturated rings. The Bertz CT molecular complexity index is 459. The molecule has 3 heteroatoms. The lowest BCUT2D eigenvalue weighted by Gasteiger charge is -2.26. The molecule has 0 unspecified atom stereocenters. The number of benzene rings is 1. The number of hydrogen-bond donors (Lipinski definition) is 1. The average molecular weight is 286 g/mol. The van der Waals surface area contributed by atoms with E-state index in [0.717, 1.165) is 30.7 Å². The van der Waals surface area contributed by atoms with Gasteiger partial charge in [-0.05, 0) is 42.5 Å². The fourth-order valence-electron chi connectivity index (χ4n) is 3.02. The summed E-state index contributed by atoms with van der Waals surface area (Å²) in [5.74, 6) is 2.63. The largest absolute Gasteiger partial charge is 0.479 e. The van der Waals surface area contributed by atoms with Crippen LogP contribution in [0.1, 0.15) is 44.6 Å². The van der Waals surface area contributed by atoms with Gasteiger partial charge in [0.2, 0.25) is 0 Å². The van der Waals surface area contributed by atoms with Crippen molar-refractivity contribution in [1.82, 2.24) is 5.32 Å². The lowest BCUT2D eigenvalue weighted by atomic mass is 9.81. The monoisotopic (exact) mass is 286 g/mol. The first-order chi connectivity index (χ1) is 10.3. The van der Waals surface area contributed by atoms with Gasteiger partial charge in [0.05, 0.1) is 0 Å². The highest BCUT2D eigenvalue weighted by Gasteiger charge is 2.17. The average Bonchev–Trinajstić information content (AvgIpc) is 2.52. The van der Waals surface area contributed by atoms with Gasteiger partial charge in [-0.25, -0.2) is 0 Å². The van der Waals surface area contributed by atoms with E-state index in [9.17, 15) is 0 Å². The molecule has 1 aliphatic carbocycles. The summed E-state index contributed by atoms with van der Waals surface area (Å²) in [6, 6.07) is 9.96. The second-order valence-corrected chi connectivity index (χ2v) is 6.19. The molecule has 0 saturated heterocycles. The smallest absolute Gasteiger partial charge is 0.174 e. The summed E-state index contributed by atoms with van der Waals surface area (Å²) < 4.78 is 5.32. The van der Waals surface area contributed by atoms with Gasteiger partial charge in [-0.2, -0.15) is 5.26 Å². The predicted molar refractivity (Wildman–Crippen MR) is 85.0 cm³/mol. The highest BCUT2D eigenvalue weighted by molar-refractivity contribution is 5.28. The van der Waals surface area contributed by atoms with Gasteiger partial charge in [0.25, 0.3) is 0 Å². The SMILES string of the molecule is CC1CCC(CCNCc2cccc(OCC#N)c2)CC1. The third kappa shape index (κ3) is 5.77.